The van der Waals surface area contributed by atoms with E-state index in [0.29, 0.717) is 6.54 Å². The number of nitrogens with zero attached hydrogens (tertiary/aromatic N) is 1. The number of fused-ring (bicyclic) bond motifs is 1. The topological polar surface area (TPSA) is 20.9 Å². The van der Waals surface area contributed by atoms with Crippen LogP contribution in [-0.4, -0.2) is 5.78 Å². The Kier molecular flexibility index (Phi) is 3.78. The Morgan fingerprint density at radius 2 is 1.67 bits per heavy atom. The molecule has 104 valence electrons. The molecule has 3 rings (SSSR count). The lowest BCUT2D eigenvalue weighted by atomic mass is 10.1. The molecule has 3 aromatic rings. The minimum Gasteiger partial charge on any atom is -0.287 e. The van der Waals surface area contributed by atoms with Gasteiger partial charge in [0.15, 0.2) is 11.9 Å². The summed E-state index contributed by atoms with van der Waals surface area (Å²) >= 11 is 0. The third-order valence-electron chi connectivity index (χ3n) is 3.80. The minimum absolute atomic E-state index is 0.144. The largest absolute Gasteiger partial charge is 0.287 e. The molecule has 2 heteroatoms. The van der Waals surface area contributed by atoms with Gasteiger partial charge in [-0.15, -0.1) is 0 Å². The van der Waals surface area contributed by atoms with E-state index in [4.69, 9.17) is 0 Å². The molecule has 2 nitrogen and oxygen atoms in total. The van der Waals surface area contributed by atoms with Crippen LogP contribution < -0.4 is 4.57 Å². The fraction of sp³-hybridized carbons (Fsp3) is 0.158. The van der Waals surface area contributed by atoms with E-state index in [2.05, 4.69) is 29.7 Å². The number of hydrogen-bond acceptors (Lipinski definition) is 1. The van der Waals surface area contributed by atoms with E-state index in [1.807, 2.05) is 48.7 Å². The predicted octanol–water partition coefficient (Wildman–Crippen LogP) is 3.57. The lowest BCUT2D eigenvalue weighted by Crippen LogP contribution is -2.41. The molecule has 0 fully saturated rings. The number of carbonyl (C=O) groups excluding carboxylic acids is 1. The molecule has 0 bridgehead atoms. The number of aryl methyl sites for hydroxylation is 1. The van der Waals surface area contributed by atoms with Gasteiger partial charge in [0.25, 0.3) is 0 Å². The van der Waals surface area contributed by atoms with E-state index in [1.54, 1.807) is 0 Å². The summed E-state index contributed by atoms with van der Waals surface area (Å²) in [5.41, 5.74) is 1.97. The zero-order valence-corrected chi connectivity index (χ0v) is 12.1. The van der Waals surface area contributed by atoms with Gasteiger partial charge in [-0.2, -0.15) is 4.57 Å². The number of hydrogen-bond donors (Lipinski definition) is 0. The second-order valence-electron chi connectivity index (χ2n) is 5.12. The van der Waals surface area contributed by atoms with Gasteiger partial charge < -0.3 is 0 Å². The highest BCUT2D eigenvalue weighted by atomic mass is 16.1. The summed E-state index contributed by atoms with van der Waals surface area (Å²) in [7, 11) is 0. The van der Waals surface area contributed by atoms with Gasteiger partial charge in [0.05, 0.1) is 0 Å². The molecule has 21 heavy (non-hydrogen) atoms. The fourth-order valence-corrected chi connectivity index (χ4v) is 2.73. The number of pyridine rings is 1. The Morgan fingerprint density at radius 3 is 2.43 bits per heavy atom. The summed E-state index contributed by atoms with van der Waals surface area (Å²) in [5, 5.41) is 2.45. The van der Waals surface area contributed by atoms with Crippen molar-refractivity contribution in [1.29, 1.82) is 0 Å². The number of rotatable bonds is 4. The Morgan fingerprint density at radius 1 is 0.952 bits per heavy atom. The van der Waals surface area contributed by atoms with E-state index in [0.717, 1.165) is 12.0 Å². The maximum absolute atomic E-state index is 12.4. The summed E-state index contributed by atoms with van der Waals surface area (Å²) < 4.78 is 2.07. The van der Waals surface area contributed by atoms with Crippen molar-refractivity contribution < 1.29 is 9.36 Å². The molecule has 0 aliphatic heterocycles. The summed E-state index contributed by atoms with van der Waals surface area (Å²) in [6.45, 7) is 2.52. The monoisotopic (exact) mass is 276 g/mol. The van der Waals surface area contributed by atoms with E-state index in [-0.39, 0.29) is 5.78 Å². The van der Waals surface area contributed by atoms with Gasteiger partial charge in [0, 0.05) is 23.4 Å². The van der Waals surface area contributed by atoms with Crippen molar-refractivity contribution in [2.45, 2.75) is 19.9 Å². The van der Waals surface area contributed by atoms with Crippen molar-refractivity contribution in [3.63, 3.8) is 0 Å². The lowest BCUT2D eigenvalue weighted by Gasteiger charge is -2.06. The SMILES string of the molecule is CCc1c2ccccc2cc[n+]1CC(=O)c1ccccc1. The Bertz CT molecular complexity index is 778. The van der Waals surface area contributed by atoms with E-state index in [9.17, 15) is 4.79 Å². The van der Waals surface area contributed by atoms with E-state index >= 15 is 0 Å². The molecule has 0 radical (unpaired) electrons. The van der Waals surface area contributed by atoms with Crippen LogP contribution in [0.3, 0.4) is 0 Å². The van der Waals surface area contributed by atoms with Crippen LogP contribution in [-0.2, 0) is 13.0 Å². The van der Waals surface area contributed by atoms with Crippen LogP contribution in [0.2, 0.25) is 0 Å². The molecule has 0 aliphatic rings. The Balaban J connectivity index is 1.99. The van der Waals surface area contributed by atoms with Crippen molar-refractivity contribution >= 4 is 16.6 Å². The zero-order chi connectivity index (χ0) is 14.7. The molecule has 0 saturated carbocycles. The molecule has 0 aliphatic carbocycles. The zero-order valence-electron chi connectivity index (χ0n) is 12.1. The van der Waals surface area contributed by atoms with E-state index < -0.39 is 0 Å². The first kappa shape index (κ1) is 13.5. The molecule has 1 aromatic heterocycles. The Hall–Kier alpha value is -2.48. The van der Waals surface area contributed by atoms with Crippen LogP contribution in [0.25, 0.3) is 10.8 Å². The highest BCUT2D eigenvalue weighted by Crippen LogP contribution is 2.15. The van der Waals surface area contributed by atoms with E-state index in [1.165, 1.54) is 16.5 Å². The quantitative estimate of drug-likeness (QED) is 0.527. The predicted molar refractivity (Wildman–Crippen MR) is 84.3 cm³/mol. The van der Waals surface area contributed by atoms with Gasteiger partial charge in [-0.1, -0.05) is 55.5 Å². The van der Waals surface area contributed by atoms with Crippen molar-refractivity contribution in [2.24, 2.45) is 0 Å². The average molecular weight is 276 g/mol. The molecule has 2 aromatic carbocycles. The summed E-state index contributed by atoms with van der Waals surface area (Å²) in [4.78, 5) is 12.4. The maximum atomic E-state index is 12.4. The molecule has 0 spiro atoms. The molecule has 0 N–H and O–H groups in total. The third-order valence-corrected chi connectivity index (χ3v) is 3.80. The lowest BCUT2D eigenvalue weighted by molar-refractivity contribution is -0.689. The van der Waals surface area contributed by atoms with Gasteiger partial charge in [-0.25, -0.2) is 0 Å². The van der Waals surface area contributed by atoms with Crippen LogP contribution >= 0.6 is 0 Å². The van der Waals surface area contributed by atoms with Gasteiger partial charge in [-0.3, -0.25) is 4.79 Å². The van der Waals surface area contributed by atoms with Crippen molar-refractivity contribution in [2.75, 3.05) is 0 Å². The molecular formula is C19H18NO+. The smallest absolute Gasteiger partial charge is 0.227 e. The van der Waals surface area contributed by atoms with Crippen LogP contribution in [0.1, 0.15) is 23.0 Å². The van der Waals surface area contributed by atoms with Crippen LogP contribution in [0.4, 0.5) is 0 Å². The standard InChI is InChI=1S/C19H18NO/c1-2-18-17-11-7-6-8-15(17)12-13-20(18)14-19(21)16-9-4-3-5-10-16/h3-13H,2,14H2,1H3/q+1. The third kappa shape index (κ3) is 2.70. The summed E-state index contributed by atoms with van der Waals surface area (Å²) in [5.74, 6) is 0.144. The highest BCUT2D eigenvalue weighted by molar-refractivity contribution is 5.95. The molecular weight excluding hydrogens is 258 g/mol. The molecule has 0 saturated heterocycles. The highest BCUT2D eigenvalue weighted by Gasteiger charge is 2.17. The number of ketones is 1. The first-order valence-electron chi connectivity index (χ1n) is 7.28. The molecule has 1 heterocycles. The summed E-state index contributed by atoms with van der Waals surface area (Å²) in [6, 6.07) is 19.9. The first-order chi connectivity index (χ1) is 10.3. The van der Waals surface area contributed by atoms with Gasteiger partial charge in [0.2, 0.25) is 12.3 Å². The summed E-state index contributed by atoms with van der Waals surface area (Å²) in [6.07, 6.45) is 2.92. The van der Waals surface area contributed by atoms with Gasteiger partial charge in [0.1, 0.15) is 0 Å². The maximum Gasteiger partial charge on any atom is 0.227 e. The van der Waals surface area contributed by atoms with Crippen LogP contribution in [0.5, 0.6) is 0 Å². The van der Waals surface area contributed by atoms with Crippen molar-refractivity contribution in [3.05, 3.63) is 78.1 Å². The molecule has 0 atom stereocenters. The fourth-order valence-electron chi connectivity index (χ4n) is 2.73. The number of Topliss-reactive ketones (excluding diaryl/α,β-unsaturated/α-hetero) is 1. The first-order valence-corrected chi connectivity index (χ1v) is 7.28. The molecule has 0 amide bonds. The second kappa shape index (κ2) is 5.88. The number of benzene rings is 2. The number of carbonyl (C=O) groups is 1. The van der Waals surface area contributed by atoms with Crippen molar-refractivity contribution in [3.8, 4) is 0 Å². The van der Waals surface area contributed by atoms with Crippen LogP contribution in [0.15, 0.2) is 66.9 Å². The van der Waals surface area contributed by atoms with Gasteiger partial charge in [-0.05, 0) is 11.5 Å². The normalized spacial score (nSPS) is 10.7. The molecule has 0 unspecified atom stereocenters. The van der Waals surface area contributed by atoms with Crippen LogP contribution in [0, 0.1) is 0 Å². The van der Waals surface area contributed by atoms with Gasteiger partial charge >= 0.3 is 0 Å². The Labute approximate surface area is 124 Å². The average Bonchev–Trinajstić information content (AvgIpc) is 2.55. The second-order valence-corrected chi connectivity index (χ2v) is 5.12. The number of aromatic nitrogens is 1. The van der Waals surface area contributed by atoms with Crippen molar-refractivity contribution in [1.82, 2.24) is 0 Å². The minimum atomic E-state index is 0.144.